The van der Waals surface area contributed by atoms with Crippen molar-refractivity contribution in [3.05, 3.63) is 29.6 Å². The van der Waals surface area contributed by atoms with Gasteiger partial charge in [0.15, 0.2) is 0 Å². The number of nitrogens with zero attached hydrogens (tertiary/aromatic N) is 1. The summed E-state index contributed by atoms with van der Waals surface area (Å²) >= 11 is 5.83. The van der Waals surface area contributed by atoms with Gasteiger partial charge in [-0.15, -0.1) is 11.6 Å². The molecule has 1 heterocycles. The maximum atomic E-state index is 13.7. The van der Waals surface area contributed by atoms with Gasteiger partial charge in [-0.1, -0.05) is 19.1 Å². The molecule has 1 atom stereocenters. The minimum Gasteiger partial charge on any atom is -0.369 e. The van der Waals surface area contributed by atoms with Crippen LogP contribution in [0.4, 0.5) is 10.1 Å². The van der Waals surface area contributed by atoms with Crippen LogP contribution >= 0.6 is 11.6 Å². The van der Waals surface area contributed by atoms with Crippen molar-refractivity contribution in [3.8, 4) is 0 Å². The van der Waals surface area contributed by atoms with E-state index in [1.807, 2.05) is 6.07 Å². The summed E-state index contributed by atoms with van der Waals surface area (Å²) in [7, 11) is 0. The highest BCUT2D eigenvalue weighted by Gasteiger charge is 2.23. The molecule has 1 fully saturated rings. The molecule has 0 amide bonds. The van der Waals surface area contributed by atoms with Gasteiger partial charge >= 0.3 is 0 Å². The van der Waals surface area contributed by atoms with E-state index in [9.17, 15) is 4.39 Å². The molecule has 82 valence electrons. The van der Waals surface area contributed by atoms with E-state index in [2.05, 4.69) is 11.8 Å². The molecule has 0 spiro atoms. The molecule has 15 heavy (non-hydrogen) atoms. The molecule has 1 aromatic carbocycles. The molecule has 0 aromatic heterocycles. The maximum Gasteiger partial charge on any atom is 0.146 e. The van der Waals surface area contributed by atoms with Crippen LogP contribution in [0.25, 0.3) is 0 Å². The Morgan fingerprint density at radius 2 is 2.33 bits per heavy atom. The predicted molar refractivity (Wildman–Crippen MR) is 62.0 cm³/mol. The van der Waals surface area contributed by atoms with Gasteiger partial charge in [-0.3, -0.25) is 0 Å². The zero-order valence-electron chi connectivity index (χ0n) is 8.84. The van der Waals surface area contributed by atoms with Gasteiger partial charge in [-0.05, 0) is 24.0 Å². The molecule has 0 saturated carbocycles. The Balaban J connectivity index is 2.33. The van der Waals surface area contributed by atoms with E-state index >= 15 is 0 Å². The first-order chi connectivity index (χ1) is 7.22. The summed E-state index contributed by atoms with van der Waals surface area (Å²) in [5, 5.41) is 0. The zero-order chi connectivity index (χ0) is 10.8. The van der Waals surface area contributed by atoms with E-state index in [0.717, 1.165) is 25.1 Å². The second-order valence-corrected chi connectivity index (χ2v) is 4.49. The van der Waals surface area contributed by atoms with Crippen LogP contribution in [0, 0.1) is 11.7 Å². The van der Waals surface area contributed by atoms with Crippen LogP contribution in [-0.2, 0) is 5.88 Å². The number of halogens is 2. The fourth-order valence-corrected chi connectivity index (χ4v) is 2.38. The molecule has 0 N–H and O–H groups in total. The van der Waals surface area contributed by atoms with Gasteiger partial charge in [-0.25, -0.2) is 4.39 Å². The molecule has 1 aliphatic rings. The average molecular weight is 228 g/mol. The Kier molecular flexibility index (Phi) is 3.15. The summed E-state index contributed by atoms with van der Waals surface area (Å²) in [5.41, 5.74) is 1.60. The number of hydrogen-bond donors (Lipinski definition) is 0. The van der Waals surface area contributed by atoms with Crippen LogP contribution in [0.5, 0.6) is 0 Å². The lowest BCUT2D eigenvalue weighted by Crippen LogP contribution is -2.21. The number of para-hydroxylation sites is 1. The third-order valence-electron chi connectivity index (χ3n) is 2.95. The van der Waals surface area contributed by atoms with Crippen LogP contribution in [0.3, 0.4) is 0 Å². The summed E-state index contributed by atoms with van der Waals surface area (Å²) in [6, 6.07) is 5.12. The van der Waals surface area contributed by atoms with Gasteiger partial charge in [0.1, 0.15) is 5.82 Å². The first kappa shape index (κ1) is 10.7. The SMILES string of the molecule is CC1CCN(c2c(F)cccc2CCl)C1. The van der Waals surface area contributed by atoms with Crippen molar-refractivity contribution in [2.24, 2.45) is 5.92 Å². The molecule has 1 aromatic rings. The molecule has 0 aliphatic carbocycles. The largest absolute Gasteiger partial charge is 0.369 e. The van der Waals surface area contributed by atoms with Gasteiger partial charge in [0.05, 0.1) is 5.69 Å². The lowest BCUT2D eigenvalue weighted by molar-refractivity contribution is 0.618. The Morgan fingerprint density at radius 3 is 2.93 bits per heavy atom. The van der Waals surface area contributed by atoms with Crippen LogP contribution < -0.4 is 4.90 Å². The summed E-state index contributed by atoms with van der Waals surface area (Å²) in [6.07, 6.45) is 1.13. The van der Waals surface area contributed by atoms with E-state index in [4.69, 9.17) is 11.6 Å². The monoisotopic (exact) mass is 227 g/mol. The predicted octanol–water partition coefficient (Wildman–Crippen LogP) is 3.41. The van der Waals surface area contributed by atoms with Crippen LogP contribution in [0.15, 0.2) is 18.2 Å². The second kappa shape index (κ2) is 4.40. The van der Waals surface area contributed by atoms with Crippen LogP contribution in [-0.4, -0.2) is 13.1 Å². The fourth-order valence-electron chi connectivity index (χ4n) is 2.16. The summed E-state index contributed by atoms with van der Waals surface area (Å²) in [6.45, 7) is 4.07. The standard InChI is InChI=1S/C12H15ClFN/c1-9-5-6-15(8-9)12-10(7-13)3-2-4-11(12)14/h2-4,9H,5-8H2,1H3. The van der Waals surface area contributed by atoms with Gasteiger partial charge < -0.3 is 4.90 Å². The van der Waals surface area contributed by atoms with Crippen molar-refractivity contribution in [3.63, 3.8) is 0 Å². The zero-order valence-corrected chi connectivity index (χ0v) is 9.60. The van der Waals surface area contributed by atoms with Gasteiger partial charge in [0.2, 0.25) is 0 Å². The van der Waals surface area contributed by atoms with E-state index in [-0.39, 0.29) is 5.82 Å². The molecule has 0 radical (unpaired) electrons. The molecular weight excluding hydrogens is 213 g/mol. The topological polar surface area (TPSA) is 3.24 Å². The number of anilines is 1. The van der Waals surface area contributed by atoms with Crippen molar-refractivity contribution in [2.45, 2.75) is 19.2 Å². The molecule has 0 bridgehead atoms. The first-order valence-corrected chi connectivity index (χ1v) is 5.84. The molecular formula is C12H15ClFN. The Hall–Kier alpha value is -0.760. The maximum absolute atomic E-state index is 13.7. The number of alkyl halides is 1. The highest BCUT2D eigenvalue weighted by atomic mass is 35.5. The van der Waals surface area contributed by atoms with E-state index in [0.29, 0.717) is 17.5 Å². The smallest absolute Gasteiger partial charge is 0.146 e. The minimum atomic E-state index is -0.151. The summed E-state index contributed by atoms with van der Waals surface area (Å²) in [4.78, 5) is 2.11. The van der Waals surface area contributed by atoms with Crippen molar-refractivity contribution >= 4 is 17.3 Å². The van der Waals surface area contributed by atoms with Gasteiger partial charge in [0.25, 0.3) is 0 Å². The van der Waals surface area contributed by atoms with Crippen LogP contribution in [0.1, 0.15) is 18.9 Å². The molecule has 2 rings (SSSR count). The highest BCUT2D eigenvalue weighted by Crippen LogP contribution is 2.30. The molecule has 1 nitrogen and oxygen atoms in total. The molecule has 1 unspecified atom stereocenters. The van der Waals surface area contributed by atoms with E-state index in [1.54, 1.807) is 6.07 Å². The lowest BCUT2D eigenvalue weighted by Gasteiger charge is -2.21. The first-order valence-electron chi connectivity index (χ1n) is 5.30. The van der Waals surface area contributed by atoms with Crippen molar-refractivity contribution in [1.82, 2.24) is 0 Å². The van der Waals surface area contributed by atoms with Gasteiger partial charge in [0, 0.05) is 19.0 Å². The van der Waals surface area contributed by atoms with Crippen molar-refractivity contribution < 1.29 is 4.39 Å². The molecule has 1 saturated heterocycles. The van der Waals surface area contributed by atoms with Crippen molar-refractivity contribution in [1.29, 1.82) is 0 Å². The minimum absolute atomic E-state index is 0.151. The molecule has 1 aliphatic heterocycles. The number of rotatable bonds is 2. The quantitative estimate of drug-likeness (QED) is 0.700. The highest BCUT2D eigenvalue weighted by molar-refractivity contribution is 6.17. The van der Waals surface area contributed by atoms with E-state index in [1.165, 1.54) is 6.07 Å². The van der Waals surface area contributed by atoms with Gasteiger partial charge in [-0.2, -0.15) is 0 Å². The normalized spacial score (nSPS) is 21.0. The fraction of sp³-hybridized carbons (Fsp3) is 0.500. The Labute approximate surface area is 94.8 Å². The van der Waals surface area contributed by atoms with Crippen LogP contribution in [0.2, 0.25) is 0 Å². The third kappa shape index (κ3) is 2.10. The number of benzene rings is 1. The summed E-state index contributed by atoms with van der Waals surface area (Å²) in [5.74, 6) is 0.868. The molecule has 3 heteroatoms. The lowest BCUT2D eigenvalue weighted by atomic mass is 10.1. The van der Waals surface area contributed by atoms with E-state index < -0.39 is 0 Å². The second-order valence-electron chi connectivity index (χ2n) is 4.22. The third-order valence-corrected chi connectivity index (χ3v) is 3.24. The summed E-state index contributed by atoms with van der Waals surface area (Å²) < 4.78 is 13.7. The number of hydrogen-bond acceptors (Lipinski definition) is 1. The Morgan fingerprint density at radius 1 is 1.53 bits per heavy atom. The Bertz CT molecular complexity index is 353. The average Bonchev–Trinajstić information content (AvgIpc) is 2.64. The van der Waals surface area contributed by atoms with Crippen molar-refractivity contribution in [2.75, 3.05) is 18.0 Å².